The lowest BCUT2D eigenvalue weighted by molar-refractivity contribution is 0.299. The zero-order valence-electron chi connectivity index (χ0n) is 8.86. The molecule has 2 nitrogen and oxygen atoms in total. The summed E-state index contributed by atoms with van der Waals surface area (Å²) in [7, 11) is 0. The highest BCUT2D eigenvalue weighted by molar-refractivity contribution is 7.99. The smallest absolute Gasteiger partial charge is 0.0229 e. The van der Waals surface area contributed by atoms with Crippen LogP contribution in [-0.4, -0.2) is 42.1 Å². The molecule has 1 aliphatic carbocycles. The first-order chi connectivity index (χ1) is 6.78. The van der Waals surface area contributed by atoms with Crippen LogP contribution in [0.5, 0.6) is 0 Å². The van der Waals surface area contributed by atoms with Crippen LogP contribution >= 0.6 is 11.8 Å². The molecule has 3 heteroatoms. The normalized spacial score (nSPS) is 38.3. The lowest BCUT2D eigenvalue weighted by Crippen LogP contribution is -2.28. The molecular formula is C11H20N2S. The van der Waals surface area contributed by atoms with E-state index in [1.165, 1.54) is 26.1 Å². The minimum Gasteiger partial charge on any atom is -0.324 e. The van der Waals surface area contributed by atoms with Crippen LogP contribution in [0.4, 0.5) is 0 Å². The third-order valence-corrected chi connectivity index (χ3v) is 4.31. The molecule has 80 valence electrons. The molecule has 2 rings (SSSR count). The summed E-state index contributed by atoms with van der Waals surface area (Å²) in [4.78, 5) is 2.59. The maximum Gasteiger partial charge on any atom is 0.0229 e. The Morgan fingerprint density at radius 1 is 1.50 bits per heavy atom. The van der Waals surface area contributed by atoms with Crippen LogP contribution in [0.1, 0.15) is 12.8 Å². The van der Waals surface area contributed by atoms with Crippen molar-refractivity contribution in [1.29, 1.82) is 0 Å². The van der Waals surface area contributed by atoms with Crippen molar-refractivity contribution in [1.82, 2.24) is 4.90 Å². The molecule has 14 heavy (non-hydrogen) atoms. The van der Waals surface area contributed by atoms with E-state index in [4.69, 9.17) is 5.73 Å². The van der Waals surface area contributed by atoms with Crippen LogP contribution in [0.15, 0.2) is 12.2 Å². The Hall–Kier alpha value is 0.01000. The second-order valence-corrected chi connectivity index (χ2v) is 5.59. The van der Waals surface area contributed by atoms with Crippen molar-refractivity contribution in [3.8, 4) is 0 Å². The molecule has 1 heterocycles. The number of hydrogen-bond donors (Lipinski definition) is 1. The van der Waals surface area contributed by atoms with Gasteiger partial charge in [-0.15, -0.1) is 0 Å². The van der Waals surface area contributed by atoms with Gasteiger partial charge in [0.15, 0.2) is 0 Å². The maximum atomic E-state index is 5.84. The predicted octanol–water partition coefficient (Wildman–Crippen LogP) is 1.33. The molecule has 1 fully saturated rings. The number of nitrogens with two attached hydrogens (primary N) is 1. The van der Waals surface area contributed by atoms with Crippen LogP contribution in [0.3, 0.4) is 0 Å². The average molecular weight is 212 g/mol. The van der Waals surface area contributed by atoms with Crippen LogP contribution in [-0.2, 0) is 0 Å². The van der Waals surface area contributed by atoms with Gasteiger partial charge in [0.05, 0.1) is 0 Å². The number of rotatable bonds is 3. The fourth-order valence-electron chi connectivity index (χ4n) is 2.43. The van der Waals surface area contributed by atoms with Gasteiger partial charge in [0, 0.05) is 24.4 Å². The Morgan fingerprint density at radius 3 is 2.93 bits per heavy atom. The van der Waals surface area contributed by atoms with E-state index in [2.05, 4.69) is 23.3 Å². The molecule has 0 saturated carbocycles. The Kier molecular flexibility index (Phi) is 3.52. The molecule has 3 atom stereocenters. The quantitative estimate of drug-likeness (QED) is 0.716. The van der Waals surface area contributed by atoms with Gasteiger partial charge in [-0.25, -0.2) is 0 Å². The zero-order chi connectivity index (χ0) is 9.97. The minimum atomic E-state index is 0.318. The highest BCUT2D eigenvalue weighted by atomic mass is 32.2. The van der Waals surface area contributed by atoms with Crippen molar-refractivity contribution in [2.45, 2.75) is 24.1 Å². The fourth-order valence-corrected chi connectivity index (χ4v) is 3.13. The Morgan fingerprint density at radius 2 is 2.36 bits per heavy atom. The van der Waals surface area contributed by atoms with Crippen molar-refractivity contribution in [3.05, 3.63) is 12.2 Å². The summed E-state index contributed by atoms with van der Waals surface area (Å²) in [6, 6.07) is 0.318. The van der Waals surface area contributed by atoms with E-state index in [0.29, 0.717) is 12.0 Å². The highest BCUT2D eigenvalue weighted by Gasteiger charge is 2.25. The molecule has 1 aliphatic heterocycles. The van der Waals surface area contributed by atoms with E-state index in [-0.39, 0.29) is 0 Å². The van der Waals surface area contributed by atoms with Gasteiger partial charge in [-0.2, -0.15) is 11.8 Å². The summed E-state index contributed by atoms with van der Waals surface area (Å²) in [6.07, 6.45) is 9.20. The number of thioether (sulfide) groups is 1. The monoisotopic (exact) mass is 212 g/mol. The molecule has 3 unspecified atom stereocenters. The van der Waals surface area contributed by atoms with Gasteiger partial charge in [0.2, 0.25) is 0 Å². The van der Waals surface area contributed by atoms with Gasteiger partial charge in [-0.3, -0.25) is 0 Å². The molecule has 0 spiro atoms. The van der Waals surface area contributed by atoms with Crippen LogP contribution < -0.4 is 5.73 Å². The topological polar surface area (TPSA) is 29.3 Å². The van der Waals surface area contributed by atoms with Crippen molar-refractivity contribution in [3.63, 3.8) is 0 Å². The standard InChI is InChI=1S/C11H20N2S/c1-14-11-4-5-13(8-11)7-9-2-3-10(12)6-9/h2-3,9-11H,4-8,12H2,1H3. The van der Waals surface area contributed by atoms with Crippen molar-refractivity contribution < 1.29 is 0 Å². The van der Waals surface area contributed by atoms with Gasteiger partial charge in [-0.1, -0.05) is 12.2 Å². The van der Waals surface area contributed by atoms with Crippen LogP contribution in [0.2, 0.25) is 0 Å². The number of nitrogens with zero attached hydrogens (tertiary/aromatic N) is 1. The minimum absolute atomic E-state index is 0.318. The first-order valence-electron chi connectivity index (χ1n) is 5.47. The summed E-state index contributed by atoms with van der Waals surface area (Å²) < 4.78 is 0. The van der Waals surface area contributed by atoms with Crippen molar-refractivity contribution in [2.75, 3.05) is 25.9 Å². The lowest BCUT2D eigenvalue weighted by Gasteiger charge is -2.19. The summed E-state index contributed by atoms with van der Waals surface area (Å²) >= 11 is 2.01. The fraction of sp³-hybridized carbons (Fsp3) is 0.818. The van der Waals surface area contributed by atoms with E-state index >= 15 is 0 Å². The zero-order valence-corrected chi connectivity index (χ0v) is 9.67. The second-order valence-electron chi connectivity index (χ2n) is 4.45. The molecule has 2 N–H and O–H groups in total. The Bertz CT molecular complexity index is 217. The first-order valence-corrected chi connectivity index (χ1v) is 6.76. The lowest BCUT2D eigenvalue weighted by atomic mass is 10.1. The third-order valence-electron chi connectivity index (χ3n) is 3.26. The Balaban J connectivity index is 1.74. The van der Waals surface area contributed by atoms with Gasteiger partial charge in [0.25, 0.3) is 0 Å². The van der Waals surface area contributed by atoms with Crippen LogP contribution in [0, 0.1) is 5.92 Å². The summed E-state index contributed by atoms with van der Waals surface area (Å²) in [6.45, 7) is 3.78. The van der Waals surface area contributed by atoms with Crippen molar-refractivity contribution in [2.24, 2.45) is 11.7 Å². The highest BCUT2D eigenvalue weighted by Crippen LogP contribution is 2.24. The maximum absolute atomic E-state index is 5.84. The van der Waals surface area contributed by atoms with Crippen molar-refractivity contribution >= 4 is 11.8 Å². The van der Waals surface area contributed by atoms with E-state index in [1.54, 1.807) is 0 Å². The predicted molar refractivity (Wildman–Crippen MR) is 63.6 cm³/mol. The largest absolute Gasteiger partial charge is 0.324 e. The van der Waals surface area contributed by atoms with E-state index in [9.17, 15) is 0 Å². The van der Waals surface area contributed by atoms with Gasteiger partial charge < -0.3 is 10.6 Å². The second kappa shape index (κ2) is 4.69. The van der Waals surface area contributed by atoms with E-state index < -0.39 is 0 Å². The van der Waals surface area contributed by atoms with E-state index in [1.807, 2.05) is 11.8 Å². The number of likely N-dealkylation sites (tertiary alicyclic amines) is 1. The first kappa shape index (κ1) is 10.5. The summed E-state index contributed by atoms with van der Waals surface area (Å²) in [5, 5.41) is 0.869. The average Bonchev–Trinajstić information content (AvgIpc) is 2.76. The molecule has 0 amide bonds. The SMILES string of the molecule is CSC1CCN(CC2C=CC(N)C2)C1. The van der Waals surface area contributed by atoms with Gasteiger partial charge in [0.1, 0.15) is 0 Å². The van der Waals surface area contributed by atoms with E-state index in [0.717, 1.165) is 11.7 Å². The summed E-state index contributed by atoms with van der Waals surface area (Å²) in [5.74, 6) is 0.714. The molecule has 0 aromatic rings. The third kappa shape index (κ3) is 2.53. The molecule has 0 radical (unpaired) electrons. The molecule has 1 saturated heterocycles. The molecule has 2 aliphatic rings. The van der Waals surface area contributed by atoms with Gasteiger partial charge in [-0.05, 0) is 31.6 Å². The molecular weight excluding hydrogens is 192 g/mol. The van der Waals surface area contributed by atoms with Gasteiger partial charge >= 0.3 is 0 Å². The molecule has 0 bridgehead atoms. The molecule has 0 aromatic heterocycles. The molecule has 0 aromatic carbocycles. The Labute approximate surface area is 90.9 Å². The number of hydrogen-bond acceptors (Lipinski definition) is 3. The summed E-state index contributed by atoms with van der Waals surface area (Å²) in [5.41, 5.74) is 5.84. The van der Waals surface area contributed by atoms with Crippen LogP contribution in [0.25, 0.3) is 0 Å².